The number of allylic oxidation sites excluding steroid dienone is 6. The maximum atomic E-state index is 6.88. The van der Waals surface area contributed by atoms with Crippen molar-refractivity contribution in [3.8, 4) is 11.1 Å². The van der Waals surface area contributed by atoms with Crippen LogP contribution in [0.1, 0.15) is 50.9 Å². The van der Waals surface area contributed by atoms with Crippen molar-refractivity contribution >= 4 is 34.4 Å². The van der Waals surface area contributed by atoms with E-state index < -0.39 is 0 Å². The molecule has 2 heterocycles. The highest BCUT2D eigenvalue weighted by Crippen LogP contribution is 2.35. The molecule has 1 aliphatic carbocycles. The molecule has 1 aliphatic heterocycles. The van der Waals surface area contributed by atoms with Crippen molar-refractivity contribution in [2.45, 2.75) is 57.9 Å². The van der Waals surface area contributed by atoms with Gasteiger partial charge in [0.05, 0.1) is 11.6 Å². The molecule has 3 nitrogen and oxygen atoms in total. The second-order valence-electron chi connectivity index (χ2n) is 9.80. The number of benzene rings is 2. The molecule has 206 valence electrons. The van der Waals surface area contributed by atoms with E-state index in [4.69, 9.17) is 5.73 Å². The van der Waals surface area contributed by atoms with Crippen LogP contribution in [0.25, 0.3) is 22.3 Å². The highest BCUT2D eigenvalue weighted by Gasteiger charge is 2.16. The number of anilines is 2. The Morgan fingerprint density at radius 3 is 2.23 bits per heavy atom. The number of fused-ring (bicyclic) bond motifs is 3. The fraction of sp³-hybridized carbons (Fsp3) is 0.222. The molecule has 2 aromatic carbocycles. The predicted molar refractivity (Wildman–Crippen MR) is 178 cm³/mol. The van der Waals surface area contributed by atoms with Gasteiger partial charge in [0.1, 0.15) is 5.82 Å². The SMILES string of the molecule is C/C1=C\C=C(/C)c2cc(-c3ccccc3)ccc(N)c(NC3C=CC=CC3)n(c2C)CSc2ccccc21.CC. The van der Waals surface area contributed by atoms with Crippen molar-refractivity contribution in [3.63, 3.8) is 0 Å². The van der Waals surface area contributed by atoms with E-state index in [1.165, 1.54) is 27.2 Å². The lowest BCUT2D eigenvalue weighted by molar-refractivity contribution is 0.803. The number of nitrogens with zero attached hydrogens (tertiary/aromatic N) is 1. The summed E-state index contributed by atoms with van der Waals surface area (Å²) in [4.78, 5) is 1.26. The van der Waals surface area contributed by atoms with Gasteiger partial charge in [0.15, 0.2) is 0 Å². The van der Waals surface area contributed by atoms with Crippen LogP contribution >= 0.6 is 11.8 Å². The van der Waals surface area contributed by atoms with E-state index >= 15 is 0 Å². The predicted octanol–water partition coefficient (Wildman–Crippen LogP) is 10.1. The molecule has 0 saturated heterocycles. The standard InChI is InChI=1S/C34H35N3S.C2H6/c1-24-18-19-25(2)31-22-28(27-12-6-4-7-13-27)20-21-32(35)34(36-29-14-8-5-9-15-29)37(26(31)3)23-38-33-17-11-10-16-30(24)33;1-2/h4-14,16-22,29,36H,15,23,35H2,1-3H3;1-2H3/b21-20?,24-18+,25-19+,28-22?,31-26?,34-32?;. The van der Waals surface area contributed by atoms with Gasteiger partial charge in [0.25, 0.3) is 0 Å². The second-order valence-corrected chi connectivity index (χ2v) is 10.8. The number of hydrogen-bond donors (Lipinski definition) is 2. The van der Waals surface area contributed by atoms with Gasteiger partial charge in [-0.1, -0.05) is 105 Å². The molecule has 3 aromatic rings. The third-order valence-corrected chi connectivity index (χ3v) is 8.21. The summed E-state index contributed by atoms with van der Waals surface area (Å²) in [5, 5.41) is 3.78. The lowest BCUT2D eigenvalue weighted by Gasteiger charge is -2.24. The van der Waals surface area contributed by atoms with Crippen LogP contribution in [-0.4, -0.2) is 10.6 Å². The van der Waals surface area contributed by atoms with Crippen LogP contribution in [0.15, 0.2) is 114 Å². The molecule has 0 radical (unpaired) electrons. The van der Waals surface area contributed by atoms with Crippen LogP contribution in [0.4, 0.5) is 11.5 Å². The molecule has 3 N–H and O–H groups in total. The minimum atomic E-state index is 0.177. The maximum Gasteiger partial charge on any atom is 0.130 e. The zero-order valence-corrected chi connectivity index (χ0v) is 25.1. The van der Waals surface area contributed by atoms with E-state index in [9.17, 15) is 0 Å². The Morgan fingerprint density at radius 2 is 1.50 bits per heavy atom. The molecule has 1 atom stereocenters. The molecule has 1 aromatic heterocycles. The summed E-state index contributed by atoms with van der Waals surface area (Å²) in [5.74, 6) is 1.66. The van der Waals surface area contributed by atoms with Crippen LogP contribution < -0.4 is 11.1 Å². The molecular weight excluding hydrogens is 506 g/mol. The topological polar surface area (TPSA) is 43.0 Å². The van der Waals surface area contributed by atoms with E-state index in [0.29, 0.717) is 0 Å². The summed E-state index contributed by atoms with van der Waals surface area (Å²) >= 11 is 1.84. The summed E-state index contributed by atoms with van der Waals surface area (Å²) in [5.41, 5.74) is 16.0. The number of aromatic nitrogens is 1. The van der Waals surface area contributed by atoms with Crippen molar-refractivity contribution in [2.75, 3.05) is 11.1 Å². The lowest BCUT2D eigenvalue weighted by atomic mass is 10.00. The van der Waals surface area contributed by atoms with Gasteiger partial charge in [-0.15, -0.1) is 11.8 Å². The van der Waals surface area contributed by atoms with E-state index in [0.717, 1.165) is 40.6 Å². The largest absolute Gasteiger partial charge is 0.396 e. The molecule has 4 heteroatoms. The summed E-state index contributed by atoms with van der Waals surface area (Å²) in [6, 6.07) is 25.8. The van der Waals surface area contributed by atoms with Gasteiger partial charge in [-0.2, -0.15) is 0 Å². The van der Waals surface area contributed by atoms with Gasteiger partial charge in [-0.3, -0.25) is 0 Å². The zero-order chi connectivity index (χ0) is 28.5. The molecular formula is C36H41N3S. The van der Waals surface area contributed by atoms with Crippen LogP contribution in [0.3, 0.4) is 0 Å². The number of hydrogen-bond acceptors (Lipinski definition) is 3. The lowest BCUT2D eigenvalue weighted by Crippen LogP contribution is -2.22. The molecule has 1 unspecified atom stereocenters. The molecule has 2 aliphatic rings. The highest BCUT2D eigenvalue weighted by molar-refractivity contribution is 7.98. The van der Waals surface area contributed by atoms with Crippen LogP contribution in [0.5, 0.6) is 0 Å². The van der Waals surface area contributed by atoms with Gasteiger partial charge >= 0.3 is 0 Å². The maximum absolute atomic E-state index is 6.88. The number of nitrogens with one attached hydrogen (secondary N) is 1. The Balaban J connectivity index is 0.00000181. The molecule has 0 amide bonds. The first-order chi connectivity index (χ1) is 19.5. The van der Waals surface area contributed by atoms with Crippen molar-refractivity contribution in [1.29, 1.82) is 0 Å². The van der Waals surface area contributed by atoms with Crippen LogP contribution in [0, 0.1) is 6.92 Å². The van der Waals surface area contributed by atoms with Crippen molar-refractivity contribution in [1.82, 2.24) is 4.57 Å². The quantitative estimate of drug-likeness (QED) is 0.343. The number of thioether (sulfide) groups is 1. The van der Waals surface area contributed by atoms with E-state index in [-0.39, 0.29) is 6.04 Å². The number of rotatable bonds is 3. The Morgan fingerprint density at radius 1 is 0.800 bits per heavy atom. The molecule has 2 bridgehead atoms. The number of nitrogen functional groups attached to an aromatic ring is 1. The van der Waals surface area contributed by atoms with E-state index in [1.54, 1.807) is 0 Å². The average molecular weight is 548 g/mol. The Bertz CT molecular complexity index is 1500. The first kappa shape index (κ1) is 29.1. The van der Waals surface area contributed by atoms with Crippen molar-refractivity contribution in [2.24, 2.45) is 0 Å². The summed E-state index contributed by atoms with van der Waals surface area (Å²) < 4.78 is 2.35. The van der Waals surface area contributed by atoms with Crippen molar-refractivity contribution in [3.05, 3.63) is 126 Å². The smallest absolute Gasteiger partial charge is 0.130 e. The Hall–Kier alpha value is -3.89. The minimum absolute atomic E-state index is 0.177. The fourth-order valence-electron chi connectivity index (χ4n) is 4.91. The number of nitrogens with two attached hydrogens (primary N) is 1. The van der Waals surface area contributed by atoms with Gasteiger partial charge in [0.2, 0.25) is 0 Å². The van der Waals surface area contributed by atoms with Crippen LogP contribution in [0.2, 0.25) is 0 Å². The summed E-state index contributed by atoms with van der Waals surface area (Å²) in [6.45, 7) is 10.6. The first-order valence-electron chi connectivity index (χ1n) is 14.1. The normalized spacial score (nSPS) is 18.4. The third-order valence-electron chi connectivity index (χ3n) is 7.16. The van der Waals surface area contributed by atoms with Crippen LogP contribution in [-0.2, 0) is 5.88 Å². The molecule has 0 fully saturated rings. The Kier molecular flexibility index (Phi) is 10.2. The van der Waals surface area contributed by atoms with Gasteiger partial charge in [-0.25, -0.2) is 0 Å². The summed E-state index contributed by atoms with van der Waals surface area (Å²) in [6.07, 6.45) is 14.0. The zero-order valence-electron chi connectivity index (χ0n) is 24.3. The average Bonchev–Trinajstić information content (AvgIpc) is 3.03. The molecule has 0 spiro atoms. The van der Waals surface area contributed by atoms with E-state index in [1.807, 2.05) is 31.7 Å². The Labute approximate surface area is 244 Å². The molecule has 40 heavy (non-hydrogen) atoms. The minimum Gasteiger partial charge on any atom is -0.396 e. The van der Waals surface area contributed by atoms with E-state index in [2.05, 4.69) is 134 Å². The second kappa shape index (κ2) is 14.0. The summed E-state index contributed by atoms with van der Waals surface area (Å²) in [7, 11) is 0. The van der Waals surface area contributed by atoms with Gasteiger partial charge in [-0.05, 0) is 78.8 Å². The van der Waals surface area contributed by atoms with Crippen molar-refractivity contribution < 1.29 is 0 Å². The van der Waals surface area contributed by atoms with Gasteiger partial charge in [0, 0.05) is 16.6 Å². The monoisotopic (exact) mass is 547 g/mol. The molecule has 5 rings (SSSR count). The van der Waals surface area contributed by atoms with Gasteiger partial charge < -0.3 is 15.6 Å². The third kappa shape index (κ3) is 6.81. The molecule has 0 saturated carbocycles. The first-order valence-corrected chi connectivity index (χ1v) is 15.1. The highest BCUT2D eigenvalue weighted by atomic mass is 32.2. The fourth-order valence-corrected chi connectivity index (χ4v) is 6.06.